The molecule has 0 amide bonds. The Morgan fingerprint density at radius 1 is 1.71 bits per heavy atom. The molecule has 1 unspecified atom stereocenters. The first-order valence-electron chi connectivity index (χ1n) is 5.95. The van der Waals surface area contributed by atoms with E-state index in [-0.39, 0.29) is 5.56 Å². The van der Waals surface area contributed by atoms with Crippen LogP contribution in [0.5, 0.6) is 0 Å². The van der Waals surface area contributed by atoms with E-state index in [1.165, 1.54) is 4.68 Å². The van der Waals surface area contributed by atoms with Crippen LogP contribution in [0.1, 0.15) is 19.8 Å². The summed E-state index contributed by atoms with van der Waals surface area (Å²) in [6, 6.07) is 0.374. The largest absolute Gasteiger partial charge is 0.379 e. The molecule has 1 aromatic heterocycles. The van der Waals surface area contributed by atoms with Crippen LogP contribution in [0.25, 0.3) is 0 Å². The van der Waals surface area contributed by atoms with E-state index in [4.69, 9.17) is 0 Å². The van der Waals surface area contributed by atoms with Crippen molar-refractivity contribution in [1.29, 1.82) is 0 Å². The lowest BCUT2D eigenvalue weighted by Gasteiger charge is -2.25. The van der Waals surface area contributed by atoms with Crippen molar-refractivity contribution in [2.24, 2.45) is 0 Å². The van der Waals surface area contributed by atoms with Crippen LogP contribution < -0.4 is 16.2 Å². The number of halogens is 1. The summed E-state index contributed by atoms with van der Waals surface area (Å²) >= 11 is 3.34. The number of hydrogen-bond acceptors (Lipinski definition) is 4. The number of hydrogen-bond donors (Lipinski definition) is 2. The van der Waals surface area contributed by atoms with Gasteiger partial charge >= 0.3 is 0 Å². The van der Waals surface area contributed by atoms with E-state index >= 15 is 0 Å². The molecule has 5 nitrogen and oxygen atoms in total. The summed E-state index contributed by atoms with van der Waals surface area (Å²) in [4.78, 5) is 11.9. The molecule has 1 aliphatic rings. The Bertz CT molecular complexity index is 440. The zero-order valence-electron chi connectivity index (χ0n) is 9.87. The summed E-state index contributed by atoms with van der Waals surface area (Å²) in [5.74, 6) is 0. The van der Waals surface area contributed by atoms with Gasteiger partial charge in [-0.3, -0.25) is 4.79 Å². The van der Waals surface area contributed by atoms with Crippen LogP contribution in [0.4, 0.5) is 5.69 Å². The quantitative estimate of drug-likeness (QED) is 0.880. The summed E-state index contributed by atoms with van der Waals surface area (Å²) < 4.78 is 2.01. The lowest BCUT2D eigenvalue weighted by Crippen LogP contribution is -2.39. The Labute approximate surface area is 109 Å². The smallest absolute Gasteiger partial charge is 0.283 e. The SMILES string of the molecule is CCn1ncc(NC2CCCNC2)c(Br)c1=O. The maximum atomic E-state index is 11.9. The predicted molar refractivity (Wildman–Crippen MR) is 71.4 cm³/mol. The lowest BCUT2D eigenvalue weighted by atomic mass is 10.1. The minimum atomic E-state index is -0.0822. The van der Waals surface area contributed by atoms with Crippen molar-refractivity contribution in [3.05, 3.63) is 21.0 Å². The average Bonchev–Trinajstić information content (AvgIpc) is 2.37. The van der Waals surface area contributed by atoms with Crippen LogP contribution in [0, 0.1) is 0 Å². The number of nitrogens with one attached hydrogen (secondary N) is 2. The first-order chi connectivity index (χ1) is 8.22. The number of nitrogens with zero attached hydrogens (tertiary/aromatic N) is 2. The molecule has 0 bridgehead atoms. The number of aromatic nitrogens is 2. The topological polar surface area (TPSA) is 59.0 Å². The Morgan fingerprint density at radius 3 is 3.18 bits per heavy atom. The highest BCUT2D eigenvalue weighted by atomic mass is 79.9. The van der Waals surface area contributed by atoms with Crippen LogP contribution in [0.2, 0.25) is 0 Å². The van der Waals surface area contributed by atoms with Crippen molar-refractivity contribution in [1.82, 2.24) is 15.1 Å². The fourth-order valence-electron chi connectivity index (χ4n) is 1.99. The van der Waals surface area contributed by atoms with E-state index in [9.17, 15) is 4.79 Å². The van der Waals surface area contributed by atoms with Gasteiger partial charge in [-0.1, -0.05) is 0 Å². The molecule has 0 radical (unpaired) electrons. The molecule has 2 N–H and O–H groups in total. The summed E-state index contributed by atoms with van der Waals surface area (Å²) in [6.07, 6.45) is 3.99. The average molecular weight is 301 g/mol. The molecule has 0 spiro atoms. The van der Waals surface area contributed by atoms with Crippen molar-refractivity contribution in [3.63, 3.8) is 0 Å². The number of rotatable bonds is 3. The second kappa shape index (κ2) is 5.64. The van der Waals surface area contributed by atoms with E-state index < -0.39 is 0 Å². The van der Waals surface area contributed by atoms with Gasteiger partial charge in [-0.05, 0) is 42.2 Å². The van der Waals surface area contributed by atoms with Gasteiger partial charge in [-0.2, -0.15) is 5.10 Å². The molecule has 1 aromatic rings. The molecule has 0 aliphatic carbocycles. The third-order valence-electron chi connectivity index (χ3n) is 2.94. The Kier molecular flexibility index (Phi) is 4.17. The fourth-order valence-corrected chi connectivity index (χ4v) is 2.41. The molecule has 1 atom stereocenters. The molecular formula is C11H17BrN4O. The van der Waals surface area contributed by atoms with Gasteiger partial charge in [0.15, 0.2) is 0 Å². The molecule has 1 saturated heterocycles. The van der Waals surface area contributed by atoms with Crippen LogP contribution >= 0.6 is 15.9 Å². The maximum absolute atomic E-state index is 11.9. The Balaban J connectivity index is 2.15. The van der Waals surface area contributed by atoms with E-state index in [1.54, 1.807) is 6.20 Å². The zero-order chi connectivity index (χ0) is 12.3. The molecule has 2 heterocycles. The Hall–Kier alpha value is -0.880. The number of piperidine rings is 1. The molecule has 17 heavy (non-hydrogen) atoms. The van der Waals surface area contributed by atoms with E-state index in [2.05, 4.69) is 31.7 Å². The van der Waals surface area contributed by atoms with Gasteiger partial charge < -0.3 is 10.6 Å². The summed E-state index contributed by atoms with van der Waals surface area (Å²) in [5, 5.41) is 10.8. The third kappa shape index (κ3) is 2.87. The molecular weight excluding hydrogens is 284 g/mol. The van der Waals surface area contributed by atoms with Crippen LogP contribution in [0.15, 0.2) is 15.5 Å². The van der Waals surface area contributed by atoms with Crippen molar-refractivity contribution < 1.29 is 0 Å². The van der Waals surface area contributed by atoms with E-state index in [0.29, 0.717) is 17.1 Å². The number of aryl methyl sites for hydroxylation is 1. The van der Waals surface area contributed by atoms with Crippen molar-refractivity contribution in [2.45, 2.75) is 32.4 Å². The second-order valence-corrected chi connectivity index (χ2v) is 4.97. The Morgan fingerprint density at radius 2 is 2.53 bits per heavy atom. The summed E-state index contributed by atoms with van der Waals surface area (Å²) in [5.41, 5.74) is 0.703. The lowest BCUT2D eigenvalue weighted by molar-refractivity contribution is 0.479. The summed E-state index contributed by atoms with van der Waals surface area (Å²) in [6.45, 7) is 4.50. The van der Waals surface area contributed by atoms with Gasteiger partial charge in [0.2, 0.25) is 0 Å². The normalized spacial score (nSPS) is 20.2. The monoisotopic (exact) mass is 300 g/mol. The van der Waals surface area contributed by atoms with Gasteiger partial charge in [0, 0.05) is 19.1 Å². The van der Waals surface area contributed by atoms with Crippen LogP contribution in [-0.4, -0.2) is 28.9 Å². The van der Waals surface area contributed by atoms with Crippen LogP contribution in [-0.2, 0) is 6.54 Å². The summed E-state index contributed by atoms with van der Waals surface area (Å²) in [7, 11) is 0. The molecule has 0 saturated carbocycles. The van der Waals surface area contributed by atoms with Gasteiger partial charge in [0.1, 0.15) is 4.47 Å². The fraction of sp³-hybridized carbons (Fsp3) is 0.636. The molecule has 1 fully saturated rings. The molecule has 1 aliphatic heterocycles. The van der Waals surface area contributed by atoms with Crippen LogP contribution in [0.3, 0.4) is 0 Å². The number of anilines is 1. The highest BCUT2D eigenvalue weighted by Gasteiger charge is 2.15. The predicted octanol–water partition coefficient (Wildman–Crippen LogP) is 1.19. The first kappa shape index (κ1) is 12.6. The molecule has 2 rings (SSSR count). The van der Waals surface area contributed by atoms with Gasteiger partial charge in [0.05, 0.1) is 11.9 Å². The first-order valence-corrected chi connectivity index (χ1v) is 6.74. The molecule has 94 valence electrons. The van der Waals surface area contributed by atoms with Gasteiger partial charge in [-0.15, -0.1) is 0 Å². The van der Waals surface area contributed by atoms with Crippen molar-refractivity contribution >= 4 is 21.6 Å². The molecule has 6 heteroatoms. The minimum absolute atomic E-state index is 0.0822. The van der Waals surface area contributed by atoms with Crippen molar-refractivity contribution in [3.8, 4) is 0 Å². The van der Waals surface area contributed by atoms with Crippen molar-refractivity contribution in [2.75, 3.05) is 18.4 Å². The zero-order valence-corrected chi connectivity index (χ0v) is 11.5. The van der Waals surface area contributed by atoms with Gasteiger partial charge in [-0.25, -0.2) is 4.68 Å². The van der Waals surface area contributed by atoms with E-state index in [0.717, 1.165) is 31.6 Å². The second-order valence-electron chi connectivity index (χ2n) is 4.18. The van der Waals surface area contributed by atoms with E-state index in [1.807, 2.05) is 6.92 Å². The third-order valence-corrected chi connectivity index (χ3v) is 3.71. The minimum Gasteiger partial charge on any atom is -0.379 e. The highest BCUT2D eigenvalue weighted by Crippen LogP contribution is 2.18. The standard InChI is InChI=1S/C11H17BrN4O/c1-2-16-11(17)10(12)9(7-14-16)15-8-4-3-5-13-6-8/h7-8,13,15H,2-6H2,1H3. The maximum Gasteiger partial charge on any atom is 0.283 e. The highest BCUT2D eigenvalue weighted by molar-refractivity contribution is 9.10. The molecule has 0 aromatic carbocycles. The van der Waals surface area contributed by atoms with Gasteiger partial charge in [0.25, 0.3) is 5.56 Å².